The summed E-state index contributed by atoms with van der Waals surface area (Å²) in [4.78, 5) is 11.5. The van der Waals surface area contributed by atoms with Crippen LogP contribution in [0.2, 0.25) is 0 Å². The largest absolute Gasteiger partial charge is 0.508 e. The lowest BCUT2D eigenvalue weighted by atomic mass is 9.98. The van der Waals surface area contributed by atoms with Crippen LogP contribution in [0, 0.1) is 17.3 Å². The molecule has 3 heteroatoms. The van der Waals surface area contributed by atoms with E-state index in [2.05, 4.69) is 11.8 Å². The summed E-state index contributed by atoms with van der Waals surface area (Å²) in [7, 11) is 0. The van der Waals surface area contributed by atoms with Crippen LogP contribution in [0.4, 0.5) is 0 Å². The molecule has 0 atom stereocenters. The molecular weight excluding hydrogens is 216 g/mol. The Morgan fingerprint density at radius 2 is 1.88 bits per heavy atom. The molecule has 0 saturated carbocycles. The third-order valence-electron chi connectivity index (χ3n) is 1.84. The molecule has 0 fully saturated rings. The molecule has 17 heavy (non-hydrogen) atoms. The van der Waals surface area contributed by atoms with Gasteiger partial charge in [0.1, 0.15) is 5.75 Å². The molecule has 1 N–H and O–H groups in total. The summed E-state index contributed by atoms with van der Waals surface area (Å²) in [6.07, 6.45) is 0. The highest BCUT2D eigenvalue weighted by Crippen LogP contribution is 2.11. The van der Waals surface area contributed by atoms with Gasteiger partial charge in [-0.3, -0.25) is 0 Å². The second-order valence-electron chi connectivity index (χ2n) is 4.67. The van der Waals surface area contributed by atoms with Gasteiger partial charge in [0.2, 0.25) is 0 Å². The lowest BCUT2D eigenvalue weighted by Crippen LogP contribution is -2.06. The SMILES string of the molecule is CC(C)(C)C#CCOC(=O)c1ccc(O)cc1. The number of phenols is 1. The van der Waals surface area contributed by atoms with E-state index in [-0.39, 0.29) is 17.8 Å². The van der Waals surface area contributed by atoms with Gasteiger partial charge in [-0.15, -0.1) is 0 Å². The highest BCUT2D eigenvalue weighted by atomic mass is 16.5. The van der Waals surface area contributed by atoms with E-state index < -0.39 is 5.97 Å². The van der Waals surface area contributed by atoms with Crippen molar-refractivity contribution >= 4 is 5.97 Å². The first kappa shape index (κ1) is 13.1. The molecule has 0 spiro atoms. The Kier molecular flexibility index (Phi) is 4.17. The zero-order valence-electron chi connectivity index (χ0n) is 10.3. The predicted molar refractivity (Wildman–Crippen MR) is 65.6 cm³/mol. The maximum absolute atomic E-state index is 11.5. The molecule has 1 aromatic rings. The average Bonchev–Trinajstić information content (AvgIpc) is 2.24. The molecule has 1 aromatic carbocycles. The third-order valence-corrected chi connectivity index (χ3v) is 1.84. The van der Waals surface area contributed by atoms with Crippen molar-refractivity contribution in [2.45, 2.75) is 20.8 Å². The first-order valence-corrected chi connectivity index (χ1v) is 5.35. The number of rotatable bonds is 2. The fourth-order valence-corrected chi connectivity index (χ4v) is 1.08. The van der Waals surface area contributed by atoms with Gasteiger partial charge in [0, 0.05) is 5.41 Å². The number of carbonyl (C=O) groups excluding carboxylic acids is 1. The van der Waals surface area contributed by atoms with Crippen LogP contribution < -0.4 is 0 Å². The summed E-state index contributed by atoms with van der Waals surface area (Å²) < 4.78 is 4.97. The van der Waals surface area contributed by atoms with E-state index in [1.807, 2.05) is 20.8 Å². The molecule has 0 unspecified atom stereocenters. The fraction of sp³-hybridized carbons (Fsp3) is 0.357. The van der Waals surface area contributed by atoms with Crippen LogP contribution in [0.25, 0.3) is 0 Å². The van der Waals surface area contributed by atoms with Crippen LogP contribution in [-0.4, -0.2) is 17.7 Å². The van der Waals surface area contributed by atoms with Gasteiger partial charge in [-0.2, -0.15) is 0 Å². The minimum absolute atomic E-state index is 0.0803. The van der Waals surface area contributed by atoms with Crippen molar-refractivity contribution in [2.75, 3.05) is 6.61 Å². The van der Waals surface area contributed by atoms with E-state index in [9.17, 15) is 4.79 Å². The van der Waals surface area contributed by atoms with Crippen molar-refractivity contribution in [3.05, 3.63) is 29.8 Å². The molecule has 0 bridgehead atoms. The molecule has 90 valence electrons. The number of hydrogen-bond acceptors (Lipinski definition) is 3. The molecule has 0 saturated heterocycles. The molecule has 0 heterocycles. The highest BCUT2D eigenvalue weighted by molar-refractivity contribution is 5.89. The minimum Gasteiger partial charge on any atom is -0.508 e. The first-order chi connectivity index (χ1) is 7.88. The van der Waals surface area contributed by atoms with E-state index in [0.717, 1.165) is 0 Å². The Balaban J connectivity index is 2.50. The van der Waals surface area contributed by atoms with E-state index in [4.69, 9.17) is 9.84 Å². The maximum atomic E-state index is 11.5. The van der Waals surface area contributed by atoms with Gasteiger partial charge in [0.15, 0.2) is 6.61 Å². The zero-order chi connectivity index (χ0) is 12.9. The van der Waals surface area contributed by atoms with Crippen LogP contribution in [-0.2, 0) is 4.74 Å². The Morgan fingerprint density at radius 3 is 2.41 bits per heavy atom. The van der Waals surface area contributed by atoms with Crippen molar-refractivity contribution in [2.24, 2.45) is 5.41 Å². The number of phenolic OH excluding ortho intramolecular Hbond substituents is 1. The van der Waals surface area contributed by atoms with Crippen LogP contribution in [0.1, 0.15) is 31.1 Å². The van der Waals surface area contributed by atoms with E-state index in [0.29, 0.717) is 5.56 Å². The Labute approximate surface area is 101 Å². The normalized spacial score (nSPS) is 10.3. The smallest absolute Gasteiger partial charge is 0.339 e. The molecular formula is C14H16O3. The van der Waals surface area contributed by atoms with Crippen LogP contribution in [0.3, 0.4) is 0 Å². The Bertz CT molecular complexity index is 441. The second kappa shape index (κ2) is 5.40. The number of benzene rings is 1. The summed E-state index contributed by atoms with van der Waals surface area (Å²) in [5.74, 6) is 5.45. The molecule has 3 nitrogen and oxygen atoms in total. The molecule has 0 aromatic heterocycles. The zero-order valence-corrected chi connectivity index (χ0v) is 10.3. The van der Waals surface area contributed by atoms with Crippen molar-refractivity contribution in [1.82, 2.24) is 0 Å². The third kappa shape index (κ3) is 5.07. The quantitative estimate of drug-likeness (QED) is 0.629. The number of ether oxygens (including phenoxy) is 1. The minimum atomic E-state index is -0.437. The number of esters is 1. The van der Waals surface area contributed by atoms with Gasteiger partial charge in [0.25, 0.3) is 0 Å². The Morgan fingerprint density at radius 1 is 1.29 bits per heavy atom. The van der Waals surface area contributed by atoms with Crippen LogP contribution >= 0.6 is 0 Å². The predicted octanol–water partition coefficient (Wildman–Crippen LogP) is 2.60. The van der Waals surface area contributed by atoms with Gasteiger partial charge < -0.3 is 9.84 Å². The second-order valence-corrected chi connectivity index (χ2v) is 4.67. The number of hydrogen-bond donors (Lipinski definition) is 1. The van der Waals surface area contributed by atoms with Gasteiger partial charge in [-0.1, -0.05) is 11.8 Å². The Hall–Kier alpha value is -1.95. The van der Waals surface area contributed by atoms with E-state index in [1.54, 1.807) is 0 Å². The molecule has 0 aliphatic heterocycles. The molecule has 0 aliphatic rings. The number of carbonyl (C=O) groups is 1. The van der Waals surface area contributed by atoms with Gasteiger partial charge in [-0.25, -0.2) is 4.79 Å². The molecule has 0 radical (unpaired) electrons. The van der Waals surface area contributed by atoms with Gasteiger partial charge in [-0.05, 0) is 45.0 Å². The summed E-state index contributed by atoms with van der Waals surface area (Å²) in [6.45, 7) is 6.04. The summed E-state index contributed by atoms with van der Waals surface area (Å²) >= 11 is 0. The monoisotopic (exact) mass is 232 g/mol. The standard InChI is InChI=1S/C14H16O3/c1-14(2,3)9-4-10-17-13(16)11-5-7-12(15)8-6-11/h5-8,15H,10H2,1-3H3. The van der Waals surface area contributed by atoms with E-state index in [1.165, 1.54) is 24.3 Å². The van der Waals surface area contributed by atoms with Crippen molar-refractivity contribution < 1.29 is 14.6 Å². The number of aromatic hydroxyl groups is 1. The molecule has 0 amide bonds. The summed E-state index contributed by atoms with van der Waals surface area (Å²) in [5, 5.41) is 9.07. The van der Waals surface area contributed by atoms with Crippen LogP contribution in [0.5, 0.6) is 5.75 Å². The average molecular weight is 232 g/mol. The summed E-state index contributed by atoms with van der Waals surface area (Å²) in [6, 6.07) is 5.90. The highest BCUT2D eigenvalue weighted by Gasteiger charge is 2.06. The van der Waals surface area contributed by atoms with Crippen LogP contribution in [0.15, 0.2) is 24.3 Å². The fourth-order valence-electron chi connectivity index (χ4n) is 1.08. The summed E-state index contributed by atoms with van der Waals surface area (Å²) in [5.41, 5.74) is 0.311. The lowest BCUT2D eigenvalue weighted by Gasteiger charge is -2.07. The van der Waals surface area contributed by atoms with E-state index >= 15 is 0 Å². The van der Waals surface area contributed by atoms with Crippen molar-refractivity contribution in [3.8, 4) is 17.6 Å². The van der Waals surface area contributed by atoms with Crippen molar-refractivity contribution in [1.29, 1.82) is 0 Å². The lowest BCUT2D eigenvalue weighted by molar-refractivity contribution is 0.0556. The molecule has 1 rings (SSSR count). The van der Waals surface area contributed by atoms with Gasteiger partial charge >= 0.3 is 5.97 Å². The topological polar surface area (TPSA) is 46.5 Å². The maximum Gasteiger partial charge on any atom is 0.339 e. The van der Waals surface area contributed by atoms with Crippen molar-refractivity contribution in [3.63, 3.8) is 0 Å². The first-order valence-electron chi connectivity index (χ1n) is 5.35. The van der Waals surface area contributed by atoms with Gasteiger partial charge in [0.05, 0.1) is 5.56 Å². The molecule has 0 aliphatic carbocycles.